The van der Waals surface area contributed by atoms with E-state index < -0.39 is 16.9 Å². The monoisotopic (exact) mass is 318 g/mol. The summed E-state index contributed by atoms with van der Waals surface area (Å²) in [5, 5.41) is 21.8. The fourth-order valence-corrected chi connectivity index (χ4v) is 2.71. The van der Waals surface area contributed by atoms with Crippen molar-refractivity contribution in [3.05, 3.63) is 38.9 Å². The lowest BCUT2D eigenvalue weighted by Crippen LogP contribution is -2.37. The van der Waals surface area contributed by atoms with Gasteiger partial charge in [0.15, 0.2) is 0 Å². The number of hydrogen-bond donors (Lipinski definition) is 2. The van der Waals surface area contributed by atoms with Crippen molar-refractivity contribution in [1.82, 2.24) is 5.32 Å². The zero-order valence-corrected chi connectivity index (χ0v) is 11.7. The molecule has 1 aromatic rings. The number of non-ortho nitro benzene ring substituents is 1. The first-order valence-corrected chi connectivity index (χ1v) is 6.92. The molecule has 2 N–H and O–H groups in total. The van der Waals surface area contributed by atoms with Gasteiger partial charge >= 0.3 is 5.97 Å². The Kier molecular flexibility index (Phi) is 6.26. The number of nitro groups is 1. The fraction of sp³-hybridized carbons (Fsp3) is 0.273. The van der Waals surface area contributed by atoms with E-state index in [2.05, 4.69) is 5.32 Å². The number of nitrogens with zero attached hydrogens (tertiary/aromatic N) is 1. The number of halogens is 1. The van der Waals surface area contributed by atoms with Crippen molar-refractivity contribution in [2.24, 2.45) is 0 Å². The van der Waals surface area contributed by atoms with Crippen LogP contribution < -0.4 is 5.32 Å². The minimum absolute atomic E-state index is 0.102. The molecule has 0 radical (unpaired) electrons. The molecule has 0 saturated heterocycles. The van der Waals surface area contributed by atoms with Crippen molar-refractivity contribution in [2.75, 3.05) is 5.75 Å². The van der Waals surface area contributed by atoms with Crippen molar-refractivity contribution >= 4 is 41.4 Å². The minimum atomic E-state index is -1.13. The van der Waals surface area contributed by atoms with Gasteiger partial charge in [-0.1, -0.05) is 11.6 Å². The largest absolute Gasteiger partial charge is 0.480 e. The molecule has 0 aliphatic heterocycles. The molecule has 7 nitrogen and oxygen atoms in total. The second-order valence-electron chi connectivity index (χ2n) is 3.72. The number of amides is 1. The SMILES string of the molecule is O=CNC(CSCc1ccc([N+](=O)[O-])cc1Cl)C(=O)O. The van der Waals surface area contributed by atoms with Crippen LogP contribution in [0.1, 0.15) is 5.56 Å². The van der Waals surface area contributed by atoms with Crippen LogP contribution in [0.25, 0.3) is 0 Å². The van der Waals surface area contributed by atoms with E-state index in [1.807, 2.05) is 0 Å². The molecular weight excluding hydrogens is 308 g/mol. The Morgan fingerprint density at radius 1 is 1.60 bits per heavy atom. The number of carbonyl (C=O) groups excluding carboxylic acids is 1. The topological polar surface area (TPSA) is 110 Å². The lowest BCUT2D eigenvalue weighted by atomic mass is 10.2. The molecule has 1 aromatic carbocycles. The highest BCUT2D eigenvalue weighted by Crippen LogP contribution is 2.26. The van der Waals surface area contributed by atoms with Crippen LogP contribution >= 0.6 is 23.4 Å². The third kappa shape index (κ3) is 4.71. The highest BCUT2D eigenvalue weighted by Gasteiger charge is 2.16. The summed E-state index contributed by atoms with van der Waals surface area (Å²) in [5.41, 5.74) is 0.562. The van der Waals surface area contributed by atoms with E-state index in [1.54, 1.807) is 0 Å². The predicted molar refractivity (Wildman–Crippen MR) is 74.9 cm³/mol. The quantitative estimate of drug-likeness (QED) is 0.429. The number of carboxylic acid groups (broad SMARTS) is 1. The molecule has 1 atom stereocenters. The Morgan fingerprint density at radius 2 is 2.30 bits per heavy atom. The lowest BCUT2D eigenvalue weighted by molar-refractivity contribution is -0.384. The number of thioether (sulfide) groups is 1. The van der Waals surface area contributed by atoms with Crippen molar-refractivity contribution in [1.29, 1.82) is 0 Å². The Hall–Kier alpha value is -1.80. The maximum absolute atomic E-state index is 10.8. The van der Waals surface area contributed by atoms with Crippen LogP contribution in [-0.2, 0) is 15.3 Å². The average molecular weight is 319 g/mol. The molecule has 9 heteroatoms. The highest BCUT2D eigenvalue weighted by molar-refractivity contribution is 7.98. The Bertz CT molecular complexity index is 526. The normalized spacial score (nSPS) is 11.7. The number of nitro benzene ring substituents is 1. The Labute approximate surface area is 123 Å². The molecule has 0 saturated carbocycles. The number of nitrogens with one attached hydrogen (secondary N) is 1. The summed E-state index contributed by atoms with van der Waals surface area (Å²) in [6.45, 7) is 0. The van der Waals surface area contributed by atoms with Gasteiger partial charge in [0, 0.05) is 23.6 Å². The number of carboxylic acids is 1. The van der Waals surface area contributed by atoms with Crippen LogP contribution in [0.3, 0.4) is 0 Å². The van der Waals surface area contributed by atoms with E-state index in [0.29, 0.717) is 17.7 Å². The molecule has 0 fully saturated rings. The van der Waals surface area contributed by atoms with Gasteiger partial charge in [-0.25, -0.2) is 4.79 Å². The van der Waals surface area contributed by atoms with Gasteiger partial charge in [-0.3, -0.25) is 14.9 Å². The molecule has 0 aliphatic rings. The van der Waals surface area contributed by atoms with Crippen LogP contribution in [0.5, 0.6) is 0 Å². The van der Waals surface area contributed by atoms with E-state index in [4.69, 9.17) is 16.7 Å². The fourth-order valence-electron chi connectivity index (χ4n) is 1.33. The zero-order chi connectivity index (χ0) is 15.1. The third-order valence-corrected chi connectivity index (χ3v) is 3.79. The Balaban J connectivity index is 2.59. The molecule has 108 valence electrons. The van der Waals surface area contributed by atoms with Gasteiger partial charge in [0.25, 0.3) is 5.69 Å². The Morgan fingerprint density at radius 3 is 2.80 bits per heavy atom. The molecule has 20 heavy (non-hydrogen) atoms. The first-order valence-electron chi connectivity index (χ1n) is 5.38. The third-order valence-electron chi connectivity index (χ3n) is 2.36. The lowest BCUT2D eigenvalue weighted by Gasteiger charge is -2.10. The summed E-state index contributed by atoms with van der Waals surface area (Å²) >= 11 is 7.16. The maximum Gasteiger partial charge on any atom is 0.327 e. The van der Waals surface area contributed by atoms with Gasteiger partial charge in [-0.05, 0) is 11.6 Å². The summed E-state index contributed by atoms with van der Waals surface area (Å²) in [6, 6.07) is 3.13. The second kappa shape index (κ2) is 7.71. The van der Waals surface area contributed by atoms with Gasteiger partial charge in [0.05, 0.1) is 9.95 Å². The van der Waals surface area contributed by atoms with Gasteiger partial charge in [-0.15, -0.1) is 0 Å². The smallest absolute Gasteiger partial charge is 0.327 e. The van der Waals surface area contributed by atoms with Gasteiger partial charge in [-0.2, -0.15) is 11.8 Å². The molecule has 0 spiro atoms. The van der Waals surface area contributed by atoms with Gasteiger partial charge < -0.3 is 10.4 Å². The minimum Gasteiger partial charge on any atom is -0.480 e. The van der Waals surface area contributed by atoms with E-state index in [-0.39, 0.29) is 16.5 Å². The van der Waals surface area contributed by atoms with E-state index in [1.165, 1.54) is 30.0 Å². The number of benzene rings is 1. The van der Waals surface area contributed by atoms with E-state index in [9.17, 15) is 19.7 Å². The summed E-state index contributed by atoms with van der Waals surface area (Å²) < 4.78 is 0. The molecule has 0 aromatic heterocycles. The van der Waals surface area contributed by atoms with Crippen molar-refractivity contribution in [3.8, 4) is 0 Å². The molecule has 1 amide bonds. The van der Waals surface area contributed by atoms with Crippen molar-refractivity contribution in [3.63, 3.8) is 0 Å². The van der Waals surface area contributed by atoms with Gasteiger partial charge in [0.1, 0.15) is 6.04 Å². The number of rotatable bonds is 8. The summed E-state index contributed by atoms with van der Waals surface area (Å²) in [4.78, 5) is 31.0. The van der Waals surface area contributed by atoms with Crippen LogP contribution in [0, 0.1) is 10.1 Å². The number of hydrogen-bond acceptors (Lipinski definition) is 5. The molecule has 0 aliphatic carbocycles. The van der Waals surface area contributed by atoms with Gasteiger partial charge in [0.2, 0.25) is 6.41 Å². The molecule has 0 heterocycles. The maximum atomic E-state index is 10.8. The summed E-state index contributed by atoms with van der Waals surface area (Å²) in [6.07, 6.45) is 0.332. The van der Waals surface area contributed by atoms with E-state index >= 15 is 0 Å². The average Bonchev–Trinajstić information content (AvgIpc) is 2.39. The first-order chi connectivity index (χ1) is 9.45. The number of carbonyl (C=O) groups is 2. The standard InChI is InChI=1S/C11H11ClN2O5S/c12-9-3-8(14(18)19)2-1-7(9)4-20-5-10(11(16)17)13-6-15/h1-3,6,10H,4-5H2,(H,13,15)(H,16,17). The molecule has 1 unspecified atom stereocenters. The first kappa shape index (κ1) is 16.3. The molecular formula is C11H11ClN2O5S. The number of aliphatic carboxylic acids is 1. The second-order valence-corrected chi connectivity index (χ2v) is 5.16. The van der Waals surface area contributed by atoms with Crippen LogP contribution in [0.15, 0.2) is 18.2 Å². The predicted octanol–water partition coefficient (Wildman–Crippen LogP) is 1.68. The van der Waals surface area contributed by atoms with Crippen molar-refractivity contribution < 1.29 is 19.6 Å². The van der Waals surface area contributed by atoms with Crippen LogP contribution in [0.2, 0.25) is 5.02 Å². The van der Waals surface area contributed by atoms with E-state index in [0.717, 1.165) is 0 Å². The molecule has 0 bridgehead atoms. The highest BCUT2D eigenvalue weighted by atomic mass is 35.5. The molecule has 1 rings (SSSR count). The van der Waals surface area contributed by atoms with Crippen LogP contribution in [-0.4, -0.2) is 34.2 Å². The summed E-state index contributed by atoms with van der Waals surface area (Å²) in [7, 11) is 0. The zero-order valence-electron chi connectivity index (χ0n) is 10.1. The summed E-state index contributed by atoms with van der Waals surface area (Å²) in [5.74, 6) is -0.567. The van der Waals surface area contributed by atoms with Crippen LogP contribution in [0.4, 0.5) is 5.69 Å². The van der Waals surface area contributed by atoms with Crippen molar-refractivity contribution in [2.45, 2.75) is 11.8 Å².